The second kappa shape index (κ2) is 6.44. The number of aromatic nitrogens is 2. The molecule has 7 nitrogen and oxygen atoms in total. The van der Waals surface area contributed by atoms with E-state index >= 15 is 0 Å². The minimum absolute atomic E-state index is 0.00391. The summed E-state index contributed by atoms with van der Waals surface area (Å²) < 4.78 is 31.6. The first-order valence-electron chi connectivity index (χ1n) is 5.99. The Morgan fingerprint density at radius 1 is 1.40 bits per heavy atom. The van der Waals surface area contributed by atoms with Gasteiger partial charge in [-0.25, -0.2) is 13.1 Å². The predicted octanol–water partition coefficient (Wildman–Crippen LogP) is 0.495. The summed E-state index contributed by atoms with van der Waals surface area (Å²) in [6, 6.07) is 3.24. The molecule has 2 heterocycles. The summed E-state index contributed by atoms with van der Waals surface area (Å²) in [5, 5.41) is 12.4. The van der Waals surface area contributed by atoms with Gasteiger partial charge in [0.25, 0.3) is 0 Å². The van der Waals surface area contributed by atoms with Crippen LogP contribution in [-0.2, 0) is 22.9 Å². The van der Waals surface area contributed by atoms with E-state index in [2.05, 4.69) is 14.9 Å². The van der Waals surface area contributed by atoms with Gasteiger partial charge in [-0.3, -0.25) is 0 Å². The molecular formula is C11H15N3O4S2. The molecule has 0 atom stereocenters. The Labute approximate surface area is 120 Å². The highest BCUT2D eigenvalue weighted by atomic mass is 32.2. The summed E-state index contributed by atoms with van der Waals surface area (Å²) in [5.74, 6) is 0.923. The summed E-state index contributed by atoms with van der Waals surface area (Å²) in [6.07, 6.45) is 0.802. The fourth-order valence-electron chi connectivity index (χ4n) is 1.55. The lowest BCUT2D eigenvalue weighted by atomic mass is 10.4. The van der Waals surface area contributed by atoms with Gasteiger partial charge in [0.2, 0.25) is 15.9 Å². The Morgan fingerprint density at radius 2 is 2.20 bits per heavy atom. The first-order valence-corrected chi connectivity index (χ1v) is 8.29. The molecule has 0 unspecified atom stereocenters. The van der Waals surface area contributed by atoms with Gasteiger partial charge in [0.15, 0.2) is 5.82 Å². The lowest BCUT2D eigenvalue weighted by molar-refractivity contribution is 0.300. The van der Waals surface area contributed by atoms with Crippen molar-refractivity contribution in [1.82, 2.24) is 14.9 Å². The highest BCUT2D eigenvalue weighted by molar-refractivity contribution is 7.91. The molecule has 0 fully saturated rings. The van der Waals surface area contributed by atoms with Crippen molar-refractivity contribution >= 4 is 21.4 Å². The van der Waals surface area contributed by atoms with Crippen molar-refractivity contribution < 1.29 is 18.0 Å². The first kappa shape index (κ1) is 15.1. The standard InChI is InChI=1S/C11H15N3O4S2/c1-8-13-10(18-14-8)4-6-12-20(16,17)11-3-2-9(19-11)5-7-15/h2-3,12,15H,4-7H2,1H3. The van der Waals surface area contributed by atoms with E-state index in [-0.39, 0.29) is 17.4 Å². The molecular weight excluding hydrogens is 302 g/mol. The topological polar surface area (TPSA) is 105 Å². The van der Waals surface area contributed by atoms with E-state index in [1.165, 1.54) is 6.07 Å². The highest BCUT2D eigenvalue weighted by Crippen LogP contribution is 2.21. The predicted molar refractivity (Wildman–Crippen MR) is 73.0 cm³/mol. The van der Waals surface area contributed by atoms with Crippen molar-refractivity contribution in [3.05, 3.63) is 28.7 Å². The Morgan fingerprint density at radius 3 is 2.85 bits per heavy atom. The van der Waals surface area contributed by atoms with Gasteiger partial charge in [-0.1, -0.05) is 5.16 Å². The van der Waals surface area contributed by atoms with E-state index in [1.54, 1.807) is 13.0 Å². The molecule has 2 N–H and O–H groups in total. The molecule has 0 amide bonds. The van der Waals surface area contributed by atoms with E-state index in [1.807, 2.05) is 0 Å². The normalized spacial score (nSPS) is 11.9. The van der Waals surface area contributed by atoms with Crippen molar-refractivity contribution in [3.63, 3.8) is 0 Å². The molecule has 2 aromatic heterocycles. The maximum atomic E-state index is 12.0. The van der Waals surface area contributed by atoms with Gasteiger partial charge >= 0.3 is 0 Å². The van der Waals surface area contributed by atoms with Gasteiger partial charge in [-0.2, -0.15) is 4.98 Å². The third kappa shape index (κ3) is 3.85. The number of nitrogens with one attached hydrogen (secondary N) is 1. The van der Waals surface area contributed by atoms with Crippen LogP contribution in [0.25, 0.3) is 0 Å². The van der Waals surface area contributed by atoms with E-state index < -0.39 is 10.0 Å². The average molecular weight is 317 g/mol. The van der Waals surface area contributed by atoms with Crippen LogP contribution in [0.3, 0.4) is 0 Å². The first-order chi connectivity index (χ1) is 9.51. The van der Waals surface area contributed by atoms with Gasteiger partial charge < -0.3 is 9.63 Å². The number of aryl methyl sites for hydroxylation is 1. The minimum atomic E-state index is -3.52. The summed E-state index contributed by atoms with van der Waals surface area (Å²) in [6.45, 7) is 1.90. The van der Waals surface area contributed by atoms with Crippen LogP contribution in [0.2, 0.25) is 0 Å². The van der Waals surface area contributed by atoms with Gasteiger partial charge in [-0.05, 0) is 19.1 Å². The molecule has 0 spiro atoms. The van der Waals surface area contributed by atoms with Crippen LogP contribution in [0.4, 0.5) is 0 Å². The fraction of sp³-hybridized carbons (Fsp3) is 0.455. The smallest absolute Gasteiger partial charge is 0.250 e. The fourth-order valence-corrected chi connectivity index (χ4v) is 3.97. The number of rotatable bonds is 7. The molecule has 2 rings (SSSR count). The third-order valence-corrected chi connectivity index (χ3v) is 5.56. The molecule has 9 heteroatoms. The molecule has 0 aliphatic rings. The maximum Gasteiger partial charge on any atom is 0.250 e. The van der Waals surface area contributed by atoms with Crippen molar-refractivity contribution in [2.75, 3.05) is 13.2 Å². The molecule has 110 valence electrons. The van der Waals surface area contributed by atoms with Crippen molar-refractivity contribution in [3.8, 4) is 0 Å². The number of aliphatic hydroxyl groups is 1. The largest absolute Gasteiger partial charge is 0.396 e. The molecule has 0 bridgehead atoms. The van der Waals surface area contributed by atoms with Crippen LogP contribution < -0.4 is 4.72 Å². The number of nitrogens with zero attached hydrogens (tertiary/aromatic N) is 2. The molecule has 0 aromatic carbocycles. The number of aliphatic hydroxyl groups excluding tert-OH is 1. The zero-order chi connectivity index (χ0) is 14.6. The van der Waals surface area contributed by atoms with E-state index in [9.17, 15) is 8.42 Å². The van der Waals surface area contributed by atoms with Crippen LogP contribution >= 0.6 is 11.3 Å². The number of thiophene rings is 1. The lowest BCUT2D eigenvalue weighted by Gasteiger charge is -2.02. The van der Waals surface area contributed by atoms with Crippen LogP contribution in [0.15, 0.2) is 20.9 Å². The molecule has 0 saturated heterocycles. The lowest BCUT2D eigenvalue weighted by Crippen LogP contribution is -2.25. The van der Waals surface area contributed by atoms with Crippen molar-refractivity contribution in [2.45, 2.75) is 24.0 Å². The quantitative estimate of drug-likeness (QED) is 0.770. The molecule has 0 aliphatic carbocycles. The molecule has 0 saturated carbocycles. The second-order valence-corrected chi connectivity index (χ2v) is 7.24. The molecule has 2 aromatic rings. The van der Waals surface area contributed by atoms with Crippen molar-refractivity contribution in [2.24, 2.45) is 0 Å². The van der Waals surface area contributed by atoms with Crippen LogP contribution in [0.5, 0.6) is 0 Å². The highest BCUT2D eigenvalue weighted by Gasteiger charge is 2.16. The summed E-state index contributed by atoms with van der Waals surface area (Å²) in [5.41, 5.74) is 0. The Kier molecular flexibility index (Phi) is 4.86. The van der Waals surface area contributed by atoms with E-state index in [4.69, 9.17) is 9.63 Å². The third-order valence-electron chi connectivity index (χ3n) is 2.46. The number of hydrogen-bond donors (Lipinski definition) is 2. The molecule has 0 radical (unpaired) electrons. The van der Waals surface area contributed by atoms with Crippen LogP contribution in [0.1, 0.15) is 16.6 Å². The van der Waals surface area contributed by atoms with E-state index in [0.717, 1.165) is 16.2 Å². The monoisotopic (exact) mass is 317 g/mol. The molecule has 0 aliphatic heterocycles. The van der Waals surface area contributed by atoms with E-state index in [0.29, 0.717) is 24.6 Å². The number of sulfonamides is 1. The van der Waals surface area contributed by atoms with Crippen LogP contribution in [0, 0.1) is 6.92 Å². The Balaban J connectivity index is 1.92. The summed E-state index contributed by atoms with van der Waals surface area (Å²) >= 11 is 1.15. The zero-order valence-electron chi connectivity index (χ0n) is 10.9. The summed E-state index contributed by atoms with van der Waals surface area (Å²) in [4.78, 5) is 4.83. The van der Waals surface area contributed by atoms with Crippen molar-refractivity contribution in [1.29, 1.82) is 0 Å². The number of hydrogen-bond acceptors (Lipinski definition) is 7. The Hall–Kier alpha value is -1.29. The Bertz CT molecular complexity index is 663. The SMILES string of the molecule is Cc1noc(CCNS(=O)(=O)c2ccc(CCO)s2)n1. The minimum Gasteiger partial charge on any atom is -0.396 e. The second-order valence-electron chi connectivity index (χ2n) is 4.08. The van der Waals surface area contributed by atoms with Gasteiger partial charge in [0, 0.05) is 30.9 Å². The maximum absolute atomic E-state index is 12.0. The van der Waals surface area contributed by atoms with Gasteiger partial charge in [-0.15, -0.1) is 11.3 Å². The van der Waals surface area contributed by atoms with Gasteiger partial charge in [0.05, 0.1) is 0 Å². The zero-order valence-corrected chi connectivity index (χ0v) is 12.5. The molecule has 20 heavy (non-hydrogen) atoms. The summed E-state index contributed by atoms with van der Waals surface area (Å²) in [7, 11) is -3.52. The average Bonchev–Trinajstić information content (AvgIpc) is 2.99. The van der Waals surface area contributed by atoms with Gasteiger partial charge in [0.1, 0.15) is 4.21 Å². The van der Waals surface area contributed by atoms with Crippen LogP contribution in [-0.4, -0.2) is 36.8 Å².